The van der Waals surface area contributed by atoms with E-state index >= 15 is 0 Å². The Bertz CT molecular complexity index is 725. The minimum Gasteiger partial charge on any atom is -0.392 e. The summed E-state index contributed by atoms with van der Waals surface area (Å²) in [4.78, 5) is 4.57. The summed E-state index contributed by atoms with van der Waals surface area (Å²) < 4.78 is 0. The van der Waals surface area contributed by atoms with Crippen molar-refractivity contribution in [3.05, 3.63) is 71.8 Å². The third kappa shape index (κ3) is 2.78. The highest BCUT2D eigenvalue weighted by Crippen LogP contribution is 2.15. The maximum absolute atomic E-state index is 9.13. The molecule has 2 N–H and O–H groups in total. The van der Waals surface area contributed by atoms with Crippen LogP contribution < -0.4 is 5.32 Å². The molecule has 3 rings (SSSR count). The van der Waals surface area contributed by atoms with Crippen molar-refractivity contribution in [3.8, 4) is 0 Å². The molecule has 0 saturated carbocycles. The molecule has 3 aromatic rings. The van der Waals surface area contributed by atoms with Crippen LogP contribution in [-0.4, -0.2) is 10.1 Å². The van der Waals surface area contributed by atoms with Gasteiger partial charge in [0.15, 0.2) is 0 Å². The Kier molecular flexibility index (Phi) is 3.61. The van der Waals surface area contributed by atoms with E-state index < -0.39 is 0 Å². The smallest absolute Gasteiger partial charge is 0.126 e. The molecule has 0 aliphatic carbocycles. The van der Waals surface area contributed by atoms with Crippen molar-refractivity contribution in [2.45, 2.75) is 13.2 Å². The molecular formula is C17H16N2O. The molecule has 1 aromatic heterocycles. The maximum Gasteiger partial charge on any atom is 0.126 e. The lowest BCUT2D eigenvalue weighted by atomic mass is 10.1. The molecule has 100 valence electrons. The average Bonchev–Trinajstić information content (AvgIpc) is 2.53. The number of fused-ring (bicyclic) bond motifs is 1. The van der Waals surface area contributed by atoms with Gasteiger partial charge in [-0.2, -0.15) is 0 Å². The minimum absolute atomic E-state index is 0.0715. The Morgan fingerprint density at radius 1 is 0.900 bits per heavy atom. The summed E-state index contributed by atoms with van der Waals surface area (Å²) >= 11 is 0. The fourth-order valence-corrected chi connectivity index (χ4v) is 2.20. The Labute approximate surface area is 117 Å². The monoisotopic (exact) mass is 264 g/mol. The van der Waals surface area contributed by atoms with Crippen LogP contribution in [0.3, 0.4) is 0 Å². The van der Waals surface area contributed by atoms with E-state index in [9.17, 15) is 0 Å². The number of para-hydroxylation sites is 1. The summed E-state index contributed by atoms with van der Waals surface area (Å²) in [7, 11) is 0. The van der Waals surface area contributed by atoms with Gasteiger partial charge in [0.1, 0.15) is 5.82 Å². The first-order valence-electron chi connectivity index (χ1n) is 6.63. The van der Waals surface area contributed by atoms with Gasteiger partial charge in [-0.1, -0.05) is 42.5 Å². The summed E-state index contributed by atoms with van der Waals surface area (Å²) in [5, 5.41) is 13.6. The second kappa shape index (κ2) is 5.72. The summed E-state index contributed by atoms with van der Waals surface area (Å²) in [5.74, 6) is 0.859. The summed E-state index contributed by atoms with van der Waals surface area (Å²) in [6.45, 7) is 0.765. The molecule has 0 unspecified atom stereocenters. The van der Waals surface area contributed by atoms with E-state index in [0.29, 0.717) is 6.54 Å². The quantitative estimate of drug-likeness (QED) is 0.759. The lowest BCUT2D eigenvalue weighted by molar-refractivity contribution is 0.281. The molecule has 0 atom stereocenters. The first-order valence-corrected chi connectivity index (χ1v) is 6.63. The summed E-state index contributed by atoms with van der Waals surface area (Å²) in [6, 6.07) is 20.0. The van der Waals surface area contributed by atoms with Crippen molar-refractivity contribution >= 4 is 16.7 Å². The van der Waals surface area contributed by atoms with Crippen LogP contribution in [0.15, 0.2) is 60.7 Å². The zero-order valence-corrected chi connectivity index (χ0v) is 11.1. The molecule has 0 fully saturated rings. The third-order valence-electron chi connectivity index (χ3n) is 3.25. The van der Waals surface area contributed by atoms with Gasteiger partial charge in [0.05, 0.1) is 12.1 Å². The molecule has 0 amide bonds. The van der Waals surface area contributed by atoms with Crippen molar-refractivity contribution in [3.63, 3.8) is 0 Å². The van der Waals surface area contributed by atoms with E-state index in [0.717, 1.165) is 27.8 Å². The van der Waals surface area contributed by atoms with Crippen molar-refractivity contribution in [1.29, 1.82) is 0 Å². The first-order chi connectivity index (χ1) is 9.85. The molecule has 0 radical (unpaired) electrons. The van der Waals surface area contributed by atoms with Gasteiger partial charge in [0, 0.05) is 11.9 Å². The SMILES string of the molecule is OCc1cccc(CNc2ccc3ccccc3n2)c1. The van der Waals surface area contributed by atoms with Crippen LogP contribution in [0.4, 0.5) is 5.82 Å². The van der Waals surface area contributed by atoms with Gasteiger partial charge < -0.3 is 10.4 Å². The number of rotatable bonds is 4. The third-order valence-corrected chi connectivity index (χ3v) is 3.25. The number of aliphatic hydroxyl groups is 1. The van der Waals surface area contributed by atoms with E-state index in [1.807, 2.05) is 48.5 Å². The zero-order valence-electron chi connectivity index (χ0n) is 11.1. The highest BCUT2D eigenvalue weighted by Gasteiger charge is 1.99. The maximum atomic E-state index is 9.13. The standard InChI is InChI=1S/C17H16N2O/c20-12-14-5-3-4-13(10-14)11-18-17-9-8-15-6-1-2-7-16(15)19-17/h1-10,20H,11-12H2,(H,18,19). The molecule has 0 saturated heterocycles. The Balaban J connectivity index is 1.76. The Hall–Kier alpha value is -2.39. The highest BCUT2D eigenvalue weighted by atomic mass is 16.3. The van der Waals surface area contributed by atoms with Crippen LogP contribution >= 0.6 is 0 Å². The zero-order chi connectivity index (χ0) is 13.8. The van der Waals surface area contributed by atoms with Crippen LogP contribution in [-0.2, 0) is 13.2 Å². The van der Waals surface area contributed by atoms with Crippen LogP contribution in [0.25, 0.3) is 10.9 Å². The molecule has 0 bridgehead atoms. The molecule has 3 heteroatoms. The first kappa shape index (κ1) is 12.6. The van der Waals surface area contributed by atoms with Crippen LogP contribution in [0.1, 0.15) is 11.1 Å². The number of aromatic nitrogens is 1. The number of benzene rings is 2. The van der Waals surface area contributed by atoms with Crippen molar-refractivity contribution in [1.82, 2.24) is 4.98 Å². The van der Waals surface area contributed by atoms with Crippen LogP contribution in [0.5, 0.6) is 0 Å². The lowest BCUT2D eigenvalue weighted by Crippen LogP contribution is -2.01. The van der Waals surface area contributed by atoms with Crippen LogP contribution in [0, 0.1) is 0 Å². The fraction of sp³-hybridized carbons (Fsp3) is 0.118. The average molecular weight is 264 g/mol. The molecule has 0 spiro atoms. The Morgan fingerprint density at radius 2 is 1.75 bits per heavy atom. The molecule has 3 nitrogen and oxygen atoms in total. The minimum atomic E-state index is 0.0715. The number of aliphatic hydroxyl groups excluding tert-OH is 1. The normalized spacial score (nSPS) is 10.7. The molecule has 0 aliphatic rings. The Morgan fingerprint density at radius 3 is 2.65 bits per heavy atom. The van der Waals surface area contributed by atoms with Gasteiger partial charge in [0.25, 0.3) is 0 Å². The number of pyridine rings is 1. The predicted molar refractivity (Wildman–Crippen MR) is 81.4 cm³/mol. The van der Waals surface area contributed by atoms with Crippen molar-refractivity contribution < 1.29 is 5.11 Å². The largest absolute Gasteiger partial charge is 0.392 e. The van der Waals surface area contributed by atoms with Gasteiger partial charge in [-0.05, 0) is 29.3 Å². The van der Waals surface area contributed by atoms with Crippen molar-refractivity contribution in [2.75, 3.05) is 5.32 Å². The second-order valence-electron chi connectivity index (χ2n) is 4.72. The molecule has 0 aliphatic heterocycles. The lowest BCUT2D eigenvalue weighted by Gasteiger charge is -2.08. The van der Waals surface area contributed by atoms with Gasteiger partial charge in [-0.3, -0.25) is 0 Å². The van der Waals surface area contributed by atoms with E-state index in [-0.39, 0.29) is 6.61 Å². The van der Waals surface area contributed by atoms with E-state index in [4.69, 9.17) is 5.11 Å². The van der Waals surface area contributed by atoms with Crippen molar-refractivity contribution in [2.24, 2.45) is 0 Å². The molecule has 2 aromatic carbocycles. The number of nitrogens with zero attached hydrogens (tertiary/aromatic N) is 1. The van der Waals surface area contributed by atoms with E-state index in [1.165, 1.54) is 0 Å². The topological polar surface area (TPSA) is 45.1 Å². The summed E-state index contributed by atoms with van der Waals surface area (Å²) in [6.07, 6.45) is 0. The molecular weight excluding hydrogens is 248 g/mol. The number of anilines is 1. The second-order valence-corrected chi connectivity index (χ2v) is 4.72. The van der Waals surface area contributed by atoms with Gasteiger partial charge >= 0.3 is 0 Å². The highest BCUT2D eigenvalue weighted by molar-refractivity contribution is 5.80. The molecule has 1 heterocycles. The summed E-state index contributed by atoms with van der Waals surface area (Å²) in [5.41, 5.74) is 3.05. The van der Waals surface area contributed by atoms with E-state index in [1.54, 1.807) is 0 Å². The van der Waals surface area contributed by atoms with E-state index in [2.05, 4.69) is 22.4 Å². The van der Waals surface area contributed by atoms with Crippen LogP contribution in [0.2, 0.25) is 0 Å². The fourth-order valence-electron chi connectivity index (χ4n) is 2.20. The number of hydrogen-bond acceptors (Lipinski definition) is 3. The predicted octanol–water partition coefficient (Wildman–Crippen LogP) is 3.34. The number of hydrogen-bond donors (Lipinski definition) is 2. The van der Waals surface area contributed by atoms with Gasteiger partial charge in [-0.25, -0.2) is 4.98 Å². The van der Waals surface area contributed by atoms with Gasteiger partial charge in [0.2, 0.25) is 0 Å². The molecule has 20 heavy (non-hydrogen) atoms. The number of nitrogens with one attached hydrogen (secondary N) is 1. The van der Waals surface area contributed by atoms with Gasteiger partial charge in [-0.15, -0.1) is 0 Å².